The Morgan fingerprint density at radius 1 is 1.42 bits per heavy atom. The minimum Gasteiger partial charge on any atom is -0.490 e. The van der Waals surface area contributed by atoms with Gasteiger partial charge in [-0.1, -0.05) is 18.2 Å². The van der Waals surface area contributed by atoms with E-state index in [0.29, 0.717) is 18.8 Å². The fourth-order valence-electron chi connectivity index (χ4n) is 1.39. The third-order valence-electron chi connectivity index (χ3n) is 2.17. The van der Waals surface area contributed by atoms with Crippen molar-refractivity contribution >= 4 is 17.7 Å². The van der Waals surface area contributed by atoms with Gasteiger partial charge in [-0.3, -0.25) is 4.79 Å². The van der Waals surface area contributed by atoms with Crippen molar-refractivity contribution in [1.82, 2.24) is 0 Å². The molecule has 0 N–H and O–H groups in total. The first-order valence-corrected chi connectivity index (χ1v) is 7.17. The summed E-state index contributed by atoms with van der Waals surface area (Å²) in [6.07, 6.45) is 0.207. The topological polar surface area (TPSA) is 59.3 Å². The first-order chi connectivity index (χ1) is 9.22. The van der Waals surface area contributed by atoms with Gasteiger partial charge in [0, 0.05) is 24.9 Å². The van der Waals surface area contributed by atoms with Gasteiger partial charge in [0.25, 0.3) is 0 Å². The number of nitriles is 1. The number of rotatable bonds is 8. The summed E-state index contributed by atoms with van der Waals surface area (Å²) in [7, 11) is 0. The first-order valence-electron chi connectivity index (χ1n) is 6.02. The summed E-state index contributed by atoms with van der Waals surface area (Å²) in [5, 5.41) is 8.46. The molecular weight excluding hydrogens is 262 g/mol. The first kappa shape index (κ1) is 15.4. The van der Waals surface area contributed by atoms with Crippen LogP contribution in [-0.4, -0.2) is 30.2 Å². The van der Waals surface area contributed by atoms with Gasteiger partial charge in [0.15, 0.2) is 0 Å². The van der Waals surface area contributed by atoms with Crippen LogP contribution in [0.2, 0.25) is 0 Å². The number of hydrogen-bond donors (Lipinski definition) is 0. The van der Waals surface area contributed by atoms with Gasteiger partial charge in [-0.2, -0.15) is 17.0 Å². The van der Waals surface area contributed by atoms with Crippen molar-refractivity contribution in [3.63, 3.8) is 0 Å². The molecule has 0 aliphatic rings. The Bertz CT molecular complexity index is 416. The quantitative estimate of drug-likeness (QED) is 0.541. The lowest BCUT2D eigenvalue weighted by Gasteiger charge is -2.17. The molecule has 0 spiro atoms. The summed E-state index contributed by atoms with van der Waals surface area (Å²) in [5.41, 5.74) is 0. The van der Waals surface area contributed by atoms with E-state index in [4.69, 9.17) is 14.7 Å². The number of ether oxygens (including phenoxy) is 2. The molecule has 0 aliphatic carbocycles. The van der Waals surface area contributed by atoms with Gasteiger partial charge in [0.1, 0.15) is 18.5 Å². The van der Waals surface area contributed by atoms with Crippen LogP contribution in [0.5, 0.6) is 5.75 Å². The molecule has 1 rings (SSSR count). The van der Waals surface area contributed by atoms with Crippen LogP contribution in [-0.2, 0) is 9.53 Å². The van der Waals surface area contributed by atoms with Gasteiger partial charge in [-0.25, -0.2) is 0 Å². The Kier molecular flexibility index (Phi) is 7.52. The van der Waals surface area contributed by atoms with Crippen molar-refractivity contribution in [2.75, 3.05) is 18.1 Å². The third-order valence-corrected chi connectivity index (χ3v) is 3.27. The smallest absolute Gasteiger partial charge is 0.303 e. The van der Waals surface area contributed by atoms with Crippen molar-refractivity contribution in [1.29, 1.82) is 5.26 Å². The van der Waals surface area contributed by atoms with Crippen molar-refractivity contribution in [3.05, 3.63) is 30.3 Å². The zero-order chi connectivity index (χ0) is 13.9. The lowest BCUT2D eigenvalue weighted by Crippen LogP contribution is -2.26. The van der Waals surface area contributed by atoms with Gasteiger partial charge in [0.2, 0.25) is 0 Å². The number of hydrogen-bond acceptors (Lipinski definition) is 5. The summed E-state index contributed by atoms with van der Waals surface area (Å²) >= 11 is 1.58. The average molecular weight is 279 g/mol. The highest BCUT2D eigenvalue weighted by atomic mass is 32.2. The summed E-state index contributed by atoms with van der Waals surface area (Å²) in [6, 6.07) is 11.5. The van der Waals surface area contributed by atoms with Crippen LogP contribution in [0.15, 0.2) is 30.3 Å². The Labute approximate surface area is 117 Å². The fourth-order valence-corrected chi connectivity index (χ4v) is 2.22. The highest BCUT2D eigenvalue weighted by Gasteiger charge is 2.13. The van der Waals surface area contributed by atoms with E-state index in [1.165, 1.54) is 6.92 Å². The molecule has 0 heterocycles. The van der Waals surface area contributed by atoms with Crippen LogP contribution in [0.1, 0.15) is 13.3 Å². The van der Waals surface area contributed by atoms with Gasteiger partial charge in [-0.15, -0.1) is 0 Å². The largest absolute Gasteiger partial charge is 0.490 e. The van der Waals surface area contributed by atoms with E-state index in [1.54, 1.807) is 11.8 Å². The molecule has 0 aliphatic heterocycles. The summed E-state index contributed by atoms with van der Waals surface area (Å²) < 4.78 is 10.8. The van der Waals surface area contributed by atoms with E-state index in [9.17, 15) is 4.79 Å². The zero-order valence-corrected chi connectivity index (χ0v) is 11.7. The average Bonchev–Trinajstić information content (AvgIpc) is 2.41. The summed E-state index contributed by atoms with van der Waals surface area (Å²) in [4.78, 5) is 11.0. The number of para-hydroxylation sites is 1. The van der Waals surface area contributed by atoms with Gasteiger partial charge < -0.3 is 9.47 Å². The predicted molar refractivity (Wildman–Crippen MR) is 75.0 cm³/mol. The Hall–Kier alpha value is -1.67. The maximum atomic E-state index is 11.0. The molecule has 1 aromatic carbocycles. The lowest BCUT2D eigenvalue weighted by molar-refractivity contribution is -0.146. The molecule has 0 saturated heterocycles. The summed E-state index contributed by atoms with van der Waals surface area (Å²) in [5.74, 6) is 1.80. The van der Waals surface area contributed by atoms with Gasteiger partial charge in [-0.05, 0) is 12.1 Å². The molecule has 0 fully saturated rings. The molecule has 1 unspecified atom stereocenters. The highest BCUT2D eigenvalue weighted by molar-refractivity contribution is 7.99. The van der Waals surface area contributed by atoms with Gasteiger partial charge in [0.05, 0.1) is 6.07 Å². The fraction of sp³-hybridized carbons (Fsp3) is 0.429. The van der Waals surface area contributed by atoms with E-state index < -0.39 is 0 Å². The van der Waals surface area contributed by atoms with Crippen molar-refractivity contribution in [2.45, 2.75) is 19.4 Å². The molecule has 1 atom stereocenters. The maximum absolute atomic E-state index is 11.0. The molecule has 4 nitrogen and oxygen atoms in total. The molecule has 5 heteroatoms. The number of thioether (sulfide) groups is 1. The highest BCUT2D eigenvalue weighted by Crippen LogP contribution is 2.12. The second-order valence-corrected chi connectivity index (χ2v) is 4.99. The lowest BCUT2D eigenvalue weighted by atomic mass is 10.3. The van der Waals surface area contributed by atoms with Crippen LogP contribution < -0.4 is 4.74 Å². The van der Waals surface area contributed by atoms with Crippen LogP contribution in [0.3, 0.4) is 0 Å². The summed E-state index contributed by atoms with van der Waals surface area (Å²) in [6.45, 7) is 1.71. The van der Waals surface area contributed by atoms with E-state index in [1.807, 2.05) is 30.3 Å². The van der Waals surface area contributed by atoms with Crippen molar-refractivity contribution in [2.24, 2.45) is 0 Å². The monoisotopic (exact) mass is 279 g/mol. The molecule has 0 aromatic heterocycles. The number of benzene rings is 1. The second kappa shape index (κ2) is 9.29. The minimum absolute atomic E-state index is 0.290. The minimum atomic E-state index is -0.317. The molecule has 0 radical (unpaired) electrons. The van der Waals surface area contributed by atoms with Crippen LogP contribution in [0.4, 0.5) is 0 Å². The van der Waals surface area contributed by atoms with E-state index in [0.717, 1.165) is 11.5 Å². The van der Waals surface area contributed by atoms with Crippen molar-refractivity contribution in [3.8, 4) is 11.8 Å². The number of esters is 1. The van der Waals surface area contributed by atoms with Crippen molar-refractivity contribution < 1.29 is 14.3 Å². The van der Waals surface area contributed by atoms with Crippen LogP contribution in [0, 0.1) is 11.3 Å². The number of nitrogens with zero attached hydrogens (tertiary/aromatic N) is 1. The Morgan fingerprint density at radius 3 is 2.79 bits per heavy atom. The van der Waals surface area contributed by atoms with E-state index >= 15 is 0 Å². The molecule has 102 valence electrons. The van der Waals surface area contributed by atoms with Gasteiger partial charge >= 0.3 is 5.97 Å². The van der Waals surface area contributed by atoms with Crippen LogP contribution in [0.25, 0.3) is 0 Å². The standard InChI is InChI=1S/C14H17NO3S/c1-12(16)18-14(11-19-9-5-8-15)10-17-13-6-3-2-4-7-13/h2-4,6-7,14H,5,9-11H2,1H3. The molecule has 19 heavy (non-hydrogen) atoms. The second-order valence-electron chi connectivity index (χ2n) is 3.84. The van der Waals surface area contributed by atoms with Crippen LogP contribution >= 0.6 is 11.8 Å². The normalized spacial score (nSPS) is 11.4. The maximum Gasteiger partial charge on any atom is 0.303 e. The molecule has 1 aromatic rings. The predicted octanol–water partition coefficient (Wildman–Crippen LogP) is 2.64. The SMILES string of the molecule is CC(=O)OC(COc1ccccc1)CSCCC#N. The third kappa shape index (κ3) is 7.37. The number of carbonyl (C=O) groups excluding carboxylic acids is 1. The Morgan fingerprint density at radius 2 is 2.16 bits per heavy atom. The number of carbonyl (C=O) groups is 1. The molecular formula is C14H17NO3S. The molecule has 0 bridgehead atoms. The zero-order valence-electron chi connectivity index (χ0n) is 10.9. The van der Waals surface area contributed by atoms with E-state index in [2.05, 4.69) is 6.07 Å². The Balaban J connectivity index is 2.36. The molecule has 0 amide bonds. The van der Waals surface area contributed by atoms with E-state index in [-0.39, 0.29) is 12.1 Å². The molecule has 0 saturated carbocycles.